The molecule has 0 spiro atoms. The fraction of sp³-hybridized carbons (Fsp3) is 0.143. The second kappa shape index (κ2) is 8.42. The van der Waals surface area contributed by atoms with Crippen molar-refractivity contribution >= 4 is 35.3 Å². The number of aryl methyl sites for hydroxylation is 2. The average molecular weight is 401 g/mol. The number of hydrogen-bond donors (Lipinski definition) is 1. The first-order valence-corrected chi connectivity index (χ1v) is 9.11. The van der Waals surface area contributed by atoms with Crippen LogP contribution >= 0.6 is 23.2 Å². The van der Waals surface area contributed by atoms with E-state index in [1.165, 1.54) is 11.8 Å². The molecule has 0 fully saturated rings. The number of carbonyl (C=O) groups is 1. The van der Waals surface area contributed by atoms with Gasteiger partial charge in [0, 0.05) is 10.6 Å². The largest absolute Gasteiger partial charge is 0.455 e. The molecule has 0 atom stereocenters. The molecule has 0 aliphatic heterocycles. The molecule has 1 heterocycles. The molecule has 0 saturated carbocycles. The Morgan fingerprint density at radius 3 is 2.67 bits per heavy atom. The number of halogens is 2. The molecule has 27 heavy (non-hydrogen) atoms. The molecule has 0 radical (unpaired) electrons. The molecule has 4 nitrogen and oxygen atoms in total. The van der Waals surface area contributed by atoms with Gasteiger partial charge in [-0.1, -0.05) is 47.0 Å². The Morgan fingerprint density at radius 1 is 1.11 bits per heavy atom. The van der Waals surface area contributed by atoms with Crippen LogP contribution in [0.4, 0.5) is 0 Å². The number of nitrogens with zero attached hydrogens (tertiary/aromatic N) is 1. The van der Waals surface area contributed by atoms with Crippen molar-refractivity contribution in [3.63, 3.8) is 0 Å². The maximum atomic E-state index is 12.1. The number of nitrogens with one attached hydrogen (secondary N) is 1. The predicted octanol–water partition coefficient (Wildman–Crippen LogP) is 5.56. The number of benzene rings is 2. The highest BCUT2D eigenvalue weighted by Gasteiger charge is 2.09. The molecule has 1 aromatic heterocycles. The van der Waals surface area contributed by atoms with Gasteiger partial charge in [-0.3, -0.25) is 4.79 Å². The molecule has 0 bridgehead atoms. The zero-order valence-electron chi connectivity index (χ0n) is 14.9. The summed E-state index contributed by atoms with van der Waals surface area (Å²) in [4.78, 5) is 12.1. The first kappa shape index (κ1) is 19.2. The number of hydrazone groups is 1. The van der Waals surface area contributed by atoms with Gasteiger partial charge in [-0.25, -0.2) is 5.43 Å². The molecular weight excluding hydrogens is 383 g/mol. The van der Waals surface area contributed by atoms with Crippen molar-refractivity contribution in [2.45, 2.75) is 20.3 Å². The second-order valence-corrected chi connectivity index (χ2v) is 7.07. The van der Waals surface area contributed by atoms with Gasteiger partial charge in [0.1, 0.15) is 11.5 Å². The van der Waals surface area contributed by atoms with E-state index >= 15 is 0 Å². The fourth-order valence-corrected chi connectivity index (χ4v) is 3.18. The number of carbonyl (C=O) groups excluding carboxylic acids is 1. The minimum absolute atomic E-state index is 0.189. The normalized spacial score (nSPS) is 11.1. The van der Waals surface area contributed by atoms with Crippen LogP contribution in [0.25, 0.3) is 11.3 Å². The fourth-order valence-electron chi connectivity index (χ4n) is 2.68. The van der Waals surface area contributed by atoms with E-state index in [1.807, 2.05) is 26.0 Å². The van der Waals surface area contributed by atoms with Crippen molar-refractivity contribution in [1.29, 1.82) is 0 Å². The molecule has 0 aliphatic rings. The van der Waals surface area contributed by atoms with Crippen LogP contribution < -0.4 is 5.43 Å². The van der Waals surface area contributed by atoms with Crippen molar-refractivity contribution in [2.24, 2.45) is 5.10 Å². The van der Waals surface area contributed by atoms with Crippen LogP contribution in [0, 0.1) is 13.8 Å². The van der Waals surface area contributed by atoms with Gasteiger partial charge >= 0.3 is 0 Å². The summed E-state index contributed by atoms with van der Waals surface area (Å²) < 4.78 is 5.69. The summed E-state index contributed by atoms with van der Waals surface area (Å²) >= 11 is 12.1. The Morgan fingerprint density at radius 2 is 1.93 bits per heavy atom. The number of hydrogen-bond acceptors (Lipinski definition) is 3. The first-order chi connectivity index (χ1) is 12.9. The van der Waals surface area contributed by atoms with Gasteiger partial charge < -0.3 is 4.42 Å². The summed E-state index contributed by atoms with van der Waals surface area (Å²) in [5.74, 6) is 0.910. The van der Waals surface area contributed by atoms with Gasteiger partial charge in [0.15, 0.2) is 0 Å². The maximum absolute atomic E-state index is 12.1. The van der Waals surface area contributed by atoms with E-state index in [2.05, 4.69) is 16.6 Å². The maximum Gasteiger partial charge on any atom is 0.244 e. The molecule has 138 valence electrons. The van der Waals surface area contributed by atoms with Crippen molar-refractivity contribution in [3.05, 3.63) is 81.0 Å². The lowest BCUT2D eigenvalue weighted by Crippen LogP contribution is -2.20. The zero-order chi connectivity index (χ0) is 19.4. The first-order valence-electron chi connectivity index (χ1n) is 8.35. The van der Waals surface area contributed by atoms with Crippen LogP contribution in [0.5, 0.6) is 0 Å². The van der Waals surface area contributed by atoms with Crippen molar-refractivity contribution in [3.8, 4) is 11.3 Å². The van der Waals surface area contributed by atoms with E-state index in [0.717, 1.165) is 16.7 Å². The Bertz CT molecular complexity index is 1010. The summed E-state index contributed by atoms with van der Waals surface area (Å²) in [6.07, 6.45) is 1.72. The lowest BCUT2D eigenvalue weighted by Gasteiger charge is -2.05. The smallest absolute Gasteiger partial charge is 0.244 e. The van der Waals surface area contributed by atoms with Crippen LogP contribution in [0.15, 0.2) is 58.0 Å². The van der Waals surface area contributed by atoms with Crippen molar-refractivity contribution in [1.82, 2.24) is 5.43 Å². The number of amides is 1. The topological polar surface area (TPSA) is 54.6 Å². The van der Waals surface area contributed by atoms with Crippen molar-refractivity contribution < 1.29 is 9.21 Å². The highest BCUT2D eigenvalue weighted by atomic mass is 35.5. The predicted molar refractivity (Wildman–Crippen MR) is 110 cm³/mol. The molecule has 3 aromatic rings. The number of furan rings is 1. The third-order valence-corrected chi connectivity index (χ3v) is 4.60. The molecule has 3 rings (SSSR count). The van der Waals surface area contributed by atoms with Gasteiger partial charge in [0.05, 0.1) is 17.7 Å². The van der Waals surface area contributed by atoms with Crippen molar-refractivity contribution in [2.75, 3.05) is 0 Å². The molecule has 1 amide bonds. The standard InChI is InChI=1S/C21H18Cl2N2O2/c1-13-3-4-15(14(2)9-13)10-21(26)25-24-12-17-6-8-20(27-17)18-7-5-16(22)11-19(18)23/h3-9,11-12H,10H2,1-2H3,(H,25,26)/b24-12+. The van der Waals surface area contributed by atoms with Crippen LogP contribution in [0.2, 0.25) is 10.0 Å². The highest BCUT2D eigenvalue weighted by Crippen LogP contribution is 2.31. The molecule has 0 unspecified atom stereocenters. The van der Waals surface area contributed by atoms with E-state index in [1.54, 1.807) is 30.3 Å². The monoisotopic (exact) mass is 400 g/mol. The molecular formula is C21H18Cl2N2O2. The highest BCUT2D eigenvalue weighted by molar-refractivity contribution is 6.36. The zero-order valence-corrected chi connectivity index (χ0v) is 16.4. The van der Waals surface area contributed by atoms with Crippen LogP contribution in [0.3, 0.4) is 0 Å². The summed E-state index contributed by atoms with van der Waals surface area (Å²) in [6.45, 7) is 4.02. The Labute approximate surface area is 167 Å². The Hall–Kier alpha value is -2.56. The lowest BCUT2D eigenvalue weighted by atomic mass is 10.0. The van der Waals surface area contributed by atoms with E-state index < -0.39 is 0 Å². The minimum atomic E-state index is -0.189. The summed E-state index contributed by atoms with van der Waals surface area (Å²) in [6, 6.07) is 14.7. The molecule has 2 aromatic carbocycles. The average Bonchev–Trinajstić information content (AvgIpc) is 3.06. The van der Waals surface area contributed by atoms with E-state index in [0.29, 0.717) is 21.6 Å². The molecule has 6 heteroatoms. The third-order valence-electron chi connectivity index (χ3n) is 4.05. The Kier molecular flexibility index (Phi) is 5.99. The van der Waals surface area contributed by atoms with Crippen LogP contribution in [-0.2, 0) is 11.2 Å². The van der Waals surface area contributed by atoms with Gasteiger partial charge in [0.2, 0.25) is 5.91 Å². The lowest BCUT2D eigenvalue weighted by molar-refractivity contribution is -0.120. The van der Waals surface area contributed by atoms with Gasteiger partial charge in [-0.2, -0.15) is 5.10 Å². The molecule has 0 saturated heterocycles. The quantitative estimate of drug-likeness (QED) is 0.449. The summed E-state index contributed by atoms with van der Waals surface area (Å²) in [5, 5.41) is 5.02. The van der Waals surface area contributed by atoms with E-state index in [-0.39, 0.29) is 12.3 Å². The molecule has 0 aliphatic carbocycles. The minimum Gasteiger partial charge on any atom is -0.455 e. The summed E-state index contributed by atoms with van der Waals surface area (Å²) in [5.41, 5.74) is 6.49. The second-order valence-electron chi connectivity index (χ2n) is 6.23. The Balaban J connectivity index is 1.61. The van der Waals surface area contributed by atoms with Crippen LogP contribution in [0.1, 0.15) is 22.5 Å². The number of rotatable bonds is 5. The third kappa shape index (κ3) is 5.00. The van der Waals surface area contributed by atoms with Crippen LogP contribution in [-0.4, -0.2) is 12.1 Å². The van der Waals surface area contributed by atoms with Gasteiger partial charge in [0.25, 0.3) is 0 Å². The SMILES string of the molecule is Cc1ccc(CC(=O)N/N=C/c2ccc(-c3ccc(Cl)cc3Cl)o2)c(C)c1. The van der Waals surface area contributed by atoms with E-state index in [9.17, 15) is 4.79 Å². The molecule has 1 N–H and O–H groups in total. The van der Waals surface area contributed by atoms with E-state index in [4.69, 9.17) is 27.6 Å². The summed E-state index contributed by atoms with van der Waals surface area (Å²) in [7, 11) is 0. The van der Waals surface area contributed by atoms with Gasteiger partial charge in [-0.15, -0.1) is 0 Å². The van der Waals surface area contributed by atoms with Gasteiger partial charge in [-0.05, 0) is 55.3 Å².